The molecule has 3 heterocycles. The van der Waals surface area contributed by atoms with E-state index in [0.29, 0.717) is 0 Å². The molecule has 2 aromatic heterocycles. The summed E-state index contributed by atoms with van der Waals surface area (Å²) in [5, 5.41) is 9.98. The molecule has 0 radical (unpaired) electrons. The minimum absolute atomic E-state index is 0.785. The highest BCUT2D eigenvalue weighted by Crippen LogP contribution is 2.24. The van der Waals surface area contributed by atoms with Gasteiger partial charge in [-0.1, -0.05) is 6.07 Å². The molecule has 0 spiro atoms. The van der Waals surface area contributed by atoms with E-state index < -0.39 is 0 Å². The fourth-order valence-electron chi connectivity index (χ4n) is 2.36. The second-order valence-corrected chi connectivity index (χ2v) is 5.57. The van der Waals surface area contributed by atoms with Gasteiger partial charge in [0.2, 0.25) is 0 Å². The lowest BCUT2D eigenvalue weighted by atomic mass is 9.98. The maximum absolute atomic E-state index is 4.47. The molecule has 1 saturated heterocycles. The Morgan fingerprint density at radius 2 is 2.29 bits per heavy atom. The number of nitrogens with zero attached hydrogens (tertiary/aromatic N) is 2. The molecule has 3 nitrogen and oxygen atoms in total. The first-order chi connectivity index (χ1) is 8.42. The molecule has 17 heavy (non-hydrogen) atoms. The molecule has 3 rings (SSSR count). The summed E-state index contributed by atoms with van der Waals surface area (Å²) in [6.07, 6.45) is 6.70. The van der Waals surface area contributed by atoms with Gasteiger partial charge >= 0.3 is 0 Å². The molecule has 1 N–H and O–H groups in total. The zero-order valence-corrected chi connectivity index (χ0v) is 10.6. The summed E-state index contributed by atoms with van der Waals surface area (Å²) in [4.78, 5) is 1.31. The SMILES string of the molecule is c1csc(-c2cnn(CC3CCNCC3)c2)c1. The lowest BCUT2D eigenvalue weighted by molar-refractivity contribution is 0.321. The van der Waals surface area contributed by atoms with Crippen LogP contribution in [0.4, 0.5) is 0 Å². The number of piperidine rings is 1. The van der Waals surface area contributed by atoms with Gasteiger partial charge in [0.05, 0.1) is 6.20 Å². The summed E-state index contributed by atoms with van der Waals surface area (Å²) in [5.74, 6) is 0.785. The van der Waals surface area contributed by atoms with Crippen LogP contribution in [0.15, 0.2) is 29.9 Å². The van der Waals surface area contributed by atoms with Gasteiger partial charge in [-0.25, -0.2) is 0 Å². The standard InChI is InChI=1S/C13H17N3S/c1-2-13(17-7-1)12-8-15-16(10-12)9-11-3-5-14-6-4-11/h1-2,7-8,10-11,14H,3-6,9H2. The second kappa shape index (κ2) is 5.02. The number of hydrogen-bond donors (Lipinski definition) is 1. The van der Waals surface area contributed by atoms with Gasteiger partial charge in [-0.05, 0) is 43.3 Å². The maximum atomic E-state index is 4.47. The number of nitrogens with one attached hydrogen (secondary N) is 1. The van der Waals surface area contributed by atoms with Crippen LogP contribution in [0.5, 0.6) is 0 Å². The normalized spacial score (nSPS) is 17.4. The van der Waals surface area contributed by atoms with Gasteiger partial charge in [-0.2, -0.15) is 5.10 Å². The van der Waals surface area contributed by atoms with Crippen molar-refractivity contribution in [2.24, 2.45) is 5.92 Å². The Morgan fingerprint density at radius 3 is 3.06 bits per heavy atom. The van der Waals surface area contributed by atoms with Crippen LogP contribution < -0.4 is 5.32 Å². The van der Waals surface area contributed by atoms with Gasteiger partial charge in [-0.3, -0.25) is 4.68 Å². The summed E-state index contributed by atoms with van der Waals surface area (Å²) in [6.45, 7) is 3.38. The second-order valence-electron chi connectivity index (χ2n) is 4.62. The van der Waals surface area contributed by atoms with Gasteiger partial charge in [0.1, 0.15) is 0 Å². The van der Waals surface area contributed by atoms with Crippen molar-refractivity contribution in [2.75, 3.05) is 13.1 Å². The number of thiophene rings is 1. The molecule has 1 aliphatic rings. The van der Waals surface area contributed by atoms with Crippen molar-refractivity contribution in [3.05, 3.63) is 29.9 Å². The third kappa shape index (κ3) is 2.58. The molecule has 1 fully saturated rings. The van der Waals surface area contributed by atoms with Crippen molar-refractivity contribution in [3.8, 4) is 10.4 Å². The molecule has 0 saturated carbocycles. The Balaban J connectivity index is 1.68. The van der Waals surface area contributed by atoms with Crippen LogP contribution in [0, 0.1) is 5.92 Å². The Hall–Kier alpha value is -1.13. The van der Waals surface area contributed by atoms with Crippen molar-refractivity contribution >= 4 is 11.3 Å². The van der Waals surface area contributed by atoms with Crippen molar-refractivity contribution in [1.29, 1.82) is 0 Å². The smallest absolute Gasteiger partial charge is 0.0576 e. The zero-order valence-electron chi connectivity index (χ0n) is 9.80. The molecule has 0 amide bonds. The van der Waals surface area contributed by atoms with E-state index in [1.54, 1.807) is 11.3 Å². The summed E-state index contributed by atoms with van der Waals surface area (Å²) in [7, 11) is 0. The zero-order chi connectivity index (χ0) is 11.5. The first-order valence-corrected chi connectivity index (χ1v) is 7.07. The topological polar surface area (TPSA) is 29.9 Å². The molecule has 0 aromatic carbocycles. The molecule has 90 valence electrons. The Kier molecular flexibility index (Phi) is 3.25. The Labute approximate surface area is 105 Å². The van der Waals surface area contributed by atoms with Crippen molar-refractivity contribution in [3.63, 3.8) is 0 Å². The van der Waals surface area contributed by atoms with Crippen molar-refractivity contribution in [2.45, 2.75) is 19.4 Å². The largest absolute Gasteiger partial charge is 0.317 e. The molecule has 0 bridgehead atoms. The predicted molar refractivity (Wildman–Crippen MR) is 71.1 cm³/mol. The summed E-state index contributed by atoms with van der Waals surface area (Å²) >= 11 is 1.77. The molecular formula is C13H17N3S. The van der Waals surface area contributed by atoms with Crippen LogP contribution in [-0.4, -0.2) is 22.9 Å². The third-order valence-corrected chi connectivity index (χ3v) is 4.26. The Bertz CT molecular complexity index is 455. The highest BCUT2D eigenvalue weighted by molar-refractivity contribution is 7.13. The van der Waals surface area contributed by atoms with E-state index in [1.165, 1.54) is 23.3 Å². The Morgan fingerprint density at radius 1 is 1.41 bits per heavy atom. The molecule has 0 unspecified atom stereocenters. The minimum Gasteiger partial charge on any atom is -0.317 e. The van der Waals surface area contributed by atoms with Crippen LogP contribution in [0.3, 0.4) is 0 Å². The molecule has 2 aromatic rings. The van der Waals surface area contributed by atoms with Gasteiger partial charge in [0.25, 0.3) is 0 Å². The summed E-state index contributed by atoms with van der Waals surface area (Å²) in [6, 6.07) is 4.24. The van der Waals surface area contributed by atoms with E-state index in [-0.39, 0.29) is 0 Å². The minimum atomic E-state index is 0.785. The molecule has 4 heteroatoms. The van der Waals surface area contributed by atoms with Crippen molar-refractivity contribution < 1.29 is 0 Å². The lowest BCUT2D eigenvalue weighted by Gasteiger charge is -2.22. The molecule has 0 aliphatic carbocycles. The predicted octanol–water partition coefficient (Wildman–Crippen LogP) is 2.61. The third-order valence-electron chi connectivity index (χ3n) is 3.34. The van der Waals surface area contributed by atoms with Gasteiger partial charge in [0, 0.05) is 23.2 Å². The first kappa shape index (κ1) is 11.0. The van der Waals surface area contributed by atoms with Crippen LogP contribution >= 0.6 is 11.3 Å². The van der Waals surface area contributed by atoms with Gasteiger partial charge in [0.15, 0.2) is 0 Å². The summed E-state index contributed by atoms with van der Waals surface area (Å²) < 4.78 is 2.10. The van der Waals surface area contributed by atoms with E-state index in [4.69, 9.17) is 0 Å². The average Bonchev–Trinajstić information content (AvgIpc) is 3.00. The maximum Gasteiger partial charge on any atom is 0.0576 e. The average molecular weight is 247 g/mol. The van der Waals surface area contributed by atoms with E-state index in [9.17, 15) is 0 Å². The number of hydrogen-bond acceptors (Lipinski definition) is 3. The molecule has 0 atom stereocenters. The van der Waals surface area contributed by atoms with Crippen LogP contribution in [-0.2, 0) is 6.54 Å². The van der Waals surface area contributed by atoms with Crippen LogP contribution in [0.1, 0.15) is 12.8 Å². The van der Waals surface area contributed by atoms with Gasteiger partial charge < -0.3 is 5.32 Å². The van der Waals surface area contributed by atoms with E-state index >= 15 is 0 Å². The highest BCUT2D eigenvalue weighted by Gasteiger charge is 2.14. The summed E-state index contributed by atoms with van der Waals surface area (Å²) in [5.41, 5.74) is 1.24. The molecular weight excluding hydrogens is 230 g/mol. The van der Waals surface area contributed by atoms with Crippen LogP contribution in [0.2, 0.25) is 0 Å². The van der Waals surface area contributed by atoms with E-state index in [2.05, 4.69) is 38.8 Å². The fraction of sp³-hybridized carbons (Fsp3) is 0.462. The van der Waals surface area contributed by atoms with E-state index in [1.807, 2.05) is 6.20 Å². The first-order valence-electron chi connectivity index (χ1n) is 6.19. The van der Waals surface area contributed by atoms with E-state index in [0.717, 1.165) is 25.6 Å². The monoisotopic (exact) mass is 247 g/mol. The lowest BCUT2D eigenvalue weighted by Crippen LogP contribution is -2.29. The van der Waals surface area contributed by atoms with Crippen LogP contribution in [0.25, 0.3) is 10.4 Å². The highest BCUT2D eigenvalue weighted by atomic mass is 32.1. The number of rotatable bonds is 3. The number of aromatic nitrogens is 2. The fourth-order valence-corrected chi connectivity index (χ4v) is 3.06. The quantitative estimate of drug-likeness (QED) is 0.903. The molecule has 1 aliphatic heterocycles. The van der Waals surface area contributed by atoms with Gasteiger partial charge in [-0.15, -0.1) is 11.3 Å². The van der Waals surface area contributed by atoms with Crippen molar-refractivity contribution in [1.82, 2.24) is 15.1 Å².